The number of cyclic esters (lactones) is 1. The Balaban J connectivity index is 1.62. The fourth-order valence-electron chi connectivity index (χ4n) is 3.79. The van der Waals surface area contributed by atoms with Gasteiger partial charge in [-0.15, -0.1) is 0 Å². The van der Waals surface area contributed by atoms with Crippen molar-refractivity contribution in [2.24, 2.45) is 0 Å². The molecule has 2 atom stereocenters. The number of carbonyl (C=O) groups is 2. The first-order valence-electron chi connectivity index (χ1n) is 10.7. The van der Waals surface area contributed by atoms with Gasteiger partial charge in [-0.3, -0.25) is 4.79 Å². The average molecular weight is 449 g/mol. The lowest BCUT2D eigenvalue weighted by atomic mass is 9.89. The Hall–Kier alpha value is -3.81. The van der Waals surface area contributed by atoms with Crippen LogP contribution in [0.2, 0.25) is 0 Å². The van der Waals surface area contributed by atoms with Crippen LogP contribution in [0.1, 0.15) is 48.9 Å². The molecule has 0 radical (unpaired) electrons. The van der Waals surface area contributed by atoms with Gasteiger partial charge in [-0.1, -0.05) is 42.5 Å². The largest absolute Gasteiger partial charge is 0.461 e. The van der Waals surface area contributed by atoms with Crippen molar-refractivity contribution in [3.05, 3.63) is 89.5 Å². The van der Waals surface area contributed by atoms with Gasteiger partial charge in [-0.25, -0.2) is 24.1 Å². The van der Waals surface area contributed by atoms with E-state index >= 15 is 0 Å². The number of halogens is 1. The van der Waals surface area contributed by atoms with E-state index in [2.05, 4.69) is 9.97 Å². The Bertz CT molecular complexity index is 1100. The van der Waals surface area contributed by atoms with Crippen molar-refractivity contribution in [1.29, 1.82) is 0 Å². The summed E-state index contributed by atoms with van der Waals surface area (Å²) in [5.41, 5.74) is 2.16. The monoisotopic (exact) mass is 449 g/mol. The number of benzene rings is 2. The predicted octanol–water partition coefficient (Wildman–Crippen LogP) is 4.65. The van der Waals surface area contributed by atoms with E-state index in [1.165, 1.54) is 12.1 Å². The van der Waals surface area contributed by atoms with E-state index in [0.29, 0.717) is 11.1 Å². The van der Waals surface area contributed by atoms with E-state index in [9.17, 15) is 14.0 Å². The Morgan fingerprint density at radius 3 is 2.39 bits per heavy atom. The van der Waals surface area contributed by atoms with Crippen molar-refractivity contribution in [2.75, 3.05) is 6.61 Å². The molecule has 3 aromatic rings. The zero-order valence-corrected chi connectivity index (χ0v) is 18.3. The highest BCUT2D eigenvalue weighted by Gasteiger charge is 2.39. The highest BCUT2D eigenvalue weighted by Crippen LogP contribution is 2.33. The molecule has 4 rings (SSSR count). The summed E-state index contributed by atoms with van der Waals surface area (Å²) in [4.78, 5) is 35.4. The molecular weight excluding hydrogens is 425 g/mol. The Labute approximate surface area is 191 Å². The van der Waals surface area contributed by atoms with Gasteiger partial charge in [0.05, 0.1) is 6.10 Å². The minimum Gasteiger partial charge on any atom is -0.461 e. The van der Waals surface area contributed by atoms with E-state index in [1.807, 2.05) is 44.2 Å². The molecule has 2 aromatic carbocycles. The molecule has 1 saturated heterocycles. The van der Waals surface area contributed by atoms with Crippen molar-refractivity contribution in [1.82, 2.24) is 14.9 Å². The number of rotatable bonds is 7. The minimum absolute atomic E-state index is 0.0438. The summed E-state index contributed by atoms with van der Waals surface area (Å²) in [6.07, 6.45) is 2.37. The molecule has 0 bridgehead atoms. The number of ether oxygens (including phenoxy) is 2. The zero-order chi connectivity index (χ0) is 23.4. The Morgan fingerprint density at radius 2 is 1.76 bits per heavy atom. The SMILES string of the molecule is CC(C)Oc1ncc([C@@H](CC(=O)N2C(=O)OC[C@@H]2c2ccccc2)c2ccc(F)cc2)cn1. The van der Waals surface area contributed by atoms with Crippen LogP contribution in [0, 0.1) is 5.82 Å². The second-order valence-corrected chi connectivity index (χ2v) is 8.04. The lowest BCUT2D eigenvalue weighted by Crippen LogP contribution is -2.35. The number of nitrogens with zero attached hydrogens (tertiary/aromatic N) is 3. The van der Waals surface area contributed by atoms with Crippen LogP contribution in [-0.2, 0) is 9.53 Å². The molecule has 2 heterocycles. The van der Waals surface area contributed by atoms with Gasteiger partial charge in [0.1, 0.15) is 18.5 Å². The van der Waals surface area contributed by atoms with Gasteiger partial charge in [0.15, 0.2) is 0 Å². The maximum Gasteiger partial charge on any atom is 0.417 e. The molecule has 7 nitrogen and oxygen atoms in total. The van der Waals surface area contributed by atoms with Crippen molar-refractivity contribution in [3.8, 4) is 6.01 Å². The van der Waals surface area contributed by atoms with Gasteiger partial charge in [0, 0.05) is 24.7 Å². The van der Waals surface area contributed by atoms with Gasteiger partial charge in [0.2, 0.25) is 5.91 Å². The van der Waals surface area contributed by atoms with Crippen LogP contribution in [-0.4, -0.2) is 39.6 Å². The van der Waals surface area contributed by atoms with Crippen LogP contribution in [0.4, 0.5) is 9.18 Å². The summed E-state index contributed by atoms with van der Waals surface area (Å²) < 4.78 is 24.2. The first-order chi connectivity index (χ1) is 15.9. The van der Waals surface area contributed by atoms with E-state index in [4.69, 9.17) is 9.47 Å². The molecule has 0 unspecified atom stereocenters. The molecule has 1 fully saturated rings. The fourth-order valence-corrected chi connectivity index (χ4v) is 3.79. The average Bonchev–Trinajstić information content (AvgIpc) is 3.20. The fraction of sp³-hybridized carbons (Fsp3) is 0.280. The number of hydrogen-bond acceptors (Lipinski definition) is 6. The van der Waals surface area contributed by atoms with Gasteiger partial charge >= 0.3 is 12.1 Å². The molecule has 170 valence electrons. The van der Waals surface area contributed by atoms with Crippen LogP contribution >= 0.6 is 0 Å². The summed E-state index contributed by atoms with van der Waals surface area (Å²) in [6, 6.07) is 14.9. The summed E-state index contributed by atoms with van der Waals surface area (Å²) in [5.74, 6) is -1.27. The van der Waals surface area contributed by atoms with Crippen molar-refractivity contribution in [3.63, 3.8) is 0 Å². The maximum absolute atomic E-state index is 13.5. The molecule has 8 heteroatoms. The van der Waals surface area contributed by atoms with Crippen LogP contribution in [0.5, 0.6) is 6.01 Å². The molecule has 0 spiro atoms. The number of hydrogen-bond donors (Lipinski definition) is 0. The quantitative estimate of drug-likeness (QED) is 0.523. The van der Waals surface area contributed by atoms with Gasteiger partial charge in [-0.2, -0.15) is 0 Å². The zero-order valence-electron chi connectivity index (χ0n) is 18.3. The highest BCUT2D eigenvalue weighted by atomic mass is 19.1. The lowest BCUT2D eigenvalue weighted by Gasteiger charge is -2.23. The standard InChI is InChI=1S/C25H24FN3O4/c1-16(2)33-24-27-13-19(14-28-24)21(17-8-10-20(26)11-9-17)12-23(30)29-22(15-32-25(29)31)18-6-4-3-5-7-18/h3-11,13-14,16,21-22H,12,15H2,1-2H3/t21-,22+/m0/s1. The van der Waals surface area contributed by atoms with Crippen molar-refractivity contribution >= 4 is 12.0 Å². The third-order valence-electron chi connectivity index (χ3n) is 5.37. The molecule has 0 saturated carbocycles. The van der Waals surface area contributed by atoms with E-state index in [-0.39, 0.29) is 31.0 Å². The highest BCUT2D eigenvalue weighted by molar-refractivity contribution is 5.94. The molecule has 0 aliphatic carbocycles. The Kier molecular flexibility index (Phi) is 6.63. The smallest absolute Gasteiger partial charge is 0.417 e. The van der Waals surface area contributed by atoms with Gasteiger partial charge < -0.3 is 9.47 Å². The molecule has 33 heavy (non-hydrogen) atoms. The number of aromatic nitrogens is 2. The second kappa shape index (κ2) is 9.77. The summed E-state index contributed by atoms with van der Waals surface area (Å²) >= 11 is 0. The van der Waals surface area contributed by atoms with E-state index < -0.39 is 24.0 Å². The molecule has 1 aromatic heterocycles. The van der Waals surface area contributed by atoms with Crippen LogP contribution < -0.4 is 4.74 Å². The third kappa shape index (κ3) is 5.16. The number of carbonyl (C=O) groups excluding carboxylic acids is 2. The first kappa shape index (κ1) is 22.4. The third-order valence-corrected chi connectivity index (χ3v) is 5.37. The maximum atomic E-state index is 13.5. The first-order valence-corrected chi connectivity index (χ1v) is 10.7. The van der Waals surface area contributed by atoms with E-state index in [1.54, 1.807) is 24.5 Å². The minimum atomic E-state index is -0.677. The van der Waals surface area contributed by atoms with Crippen LogP contribution in [0.3, 0.4) is 0 Å². The van der Waals surface area contributed by atoms with Crippen LogP contribution in [0.15, 0.2) is 67.0 Å². The Morgan fingerprint density at radius 1 is 1.09 bits per heavy atom. The number of imide groups is 1. The molecular formula is C25H24FN3O4. The van der Waals surface area contributed by atoms with Crippen LogP contribution in [0.25, 0.3) is 0 Å². The molecule has 2 amide bonds. The van der Waals surface area contributed by atoms with E-state index in [0.717, 1.165) is 10.5 Å². The molecule has 1 aliphatic rings. The molecule has 0 N–H and O–H groups in total. The topological polar surface area (TPSA) is 81.6 Å². The van der Waals surface area contributed by atoms with Gasteiger partial charge in [-0.05, 0) is 42.7 Å². The van der Waals surface area contributed by atoms with Crippen molar-refractivity contribution in [2.45, 2.75) is 38.3 Å². The van der Waals surface area contributed by atoms with Crippen molar-refractivity contribution < 1.29 is 23.5 Å². The van der Waals surface area contributed by atoms with Gasteiger partial charge in [0.25, 0.3) is 0 Å². The summed E-state index contributed by atoms with van der Waals surface area (Å²) in [5, 5.41) is 0. The lowest BCUT2D eigenvalue weighted by molar-refractivity contribution is -0.129. The molecule has 1 aliphatic heterocycles. The normalized spacial score (nSPS) is 16.5. The summed E-state index contributed by atoms with van der Waals surface area (Å²) in [7, 11) is 0. The summed E-state index contributed by atoms with van der Waals surface area (Å²) in [6.45, 7) is 3.84. The predicted molar refractivity (Wildman–Crippen MR) is 118 cm³/mol. The number of amides is 2. The second-order valence-electron chi connectivity index (χ2n) is 8.04.